The summed E-state index contributed by atoms with van der Waals surface area (Å²) in [5, 5.41) is 10.2. The largest absolute Gasteiger partial charge is 0.497 e. The van der Waals surface area contributed by atoms with Crippen LogP contribution in [0.4, 0.5) is 18.0 Å². The van der Waals surface area contributed by atoms with Crippen LogP contribution in [-0.4, -0.2) is 67.1 Å². The molecule has 15 heteroatoms. The van der Waals surface area contributed by atoms with E-state index in [0.717, 1.165) is 0 Å². The van der Waals surface area contributed by atoms with Gasteiger partial charge in [0, 0.05) is 17.1 Å². The molecular formula is C33H42ClF3N4O7. The van der Waals surface area contributed by atoms with E-state index in [1.807, 2.05) is 0 Å². The summed E-state index contributed by atoms with van der Waals surface area (Å²) in [7, 11) is 1.41. The van der Waals surface area contributed by atoms with Gasteiger partial charge in [0.1, 0.15) is 23.4 Å². The molecule has 0 heterocycles. The van der Waals surface area contributed by atoms with E-state index in [2.05, 4.69) is 21.3 Å². The number of alkyl carbamates (subject to hydrolysis) is 1. The Labute approximate surface area is 282 Å². The minimum atomic E-state index is -5.21. The van der Waals surface area contributed by atoms with Gasteiger partial charge in [-0.1, -0.05) is 43.6 Å². The highest BCUT2D eigenvalue weighted by molar-refractivity contribution is 6.31. The Hall–Kier alpha value is -4.33. The summed E-state index contributed by atoms with van der Waals surface area (Å²) < 4.78 is 50.4. The number of Topliss-reactive ketones (excluding diaryl/α,β-unsaturated/α-hetero) is 1. The number of benzene rings is 2. The van der Waals surface area contributed by atoms with Gasteiger partial charge in [0.2, 0.25) is 11.8 Å². The SMILES string of the molecule is COc1ccc([C@H](NC(=O)[C@H](CCCCNC(=O)OC(C)(C)C)NC(=O)c2cccc(Cl)c2)C(=O)N[C@H](C(=O)C(F)(F)F)C(C)C)cc1. The summed E-state index contributed by atoms with van der Waals surface area (Å²) in [4.78, 5) is 64.5. The third kappa shape index (κ3) is 13.1. The molecule has 11 nitrogen and oxygen atoms in total. The van der Waals surface area contributed by atoms with Crippen LogP contribution in [0, 0.1) is 5.92 Å². The molecule has 3 atom stereocenters. The highest BCUT2D eigenvalue weighted by Gasteiger charge is 2.45. The van der Waals surface area contributed by atoms with E-state index in [-0.39, 0.29) is 29.1 Å². The fraction of sp³-hybridized carbons (Fsp3) is 0.485. The van der Waals surface area contributed by atoms with E-state index >= 15 is 0 Å². The lowest BCUT2D eigenvalue weighted by Crippen LogP contribution is -2.54. The maximum atomic E-state index is 13.7. The lowest BCUT2D eigenvalue weighted by molar-refractivity contribution is -0.175. The lowest BCUT2D eigenvalue weighted by Gasteiger charge is -2.27. The number of nitrogens with one attached hydrogen (secondary N) is 4. The van der Waals surface area contributed by atoms with Crippen molar-refractivity contribution >= 4 is 41.2 Å². The van der Waals surface area contributed by atoms with Gasteiger partial charge in [-0.2, -0.15) is 13.2 Å². The van der Waals surface area contributed by atoms with Crippen molar-refractivity contribution in [2.45, 2.75) is 83.8 Å². The third-order valence-corrected chi connectivity index (χ3v) is 7.06. The summed E-state index contributed by atoms with van der Waals surface area (Å²) >= 11 is 6.03. The predicted molar refractivity (Wildman–Crippen MR) is 173 cm³/mol. The average molecular weight is 699 g/mol. The van der Waals surface area contributed by atoms with Crippen LogP contribution in [-0.2, 0) is 19.1 Å². The van der Waals surface area contributed by atoms with Gasteiger partial charge in [-0.3, -0.25) is 19.2 Å². The van der Waals surface area contributed by atoms with E-state index in [4.69, 9.17) is 21.1 Å². The second kappa shape index (κ2) is 17.7. The van der Waals surface area contributed by atoms with Crippen molar-refractivity contribution in [3.8, 4) is 5.75 Å². The molecule has 0 saturated carbocycles. The minimum Gasteiger partial charge on any atom is -0.497 e. The maximum absolute atomic E-state index is 13.7. The number of ether oxygens (including phenoxy) is 2. The Morgan fingerprint density at radius 3 is 2.06 bits per heavy atom. The Bertz CT molecular complexity index is 1430. The van der Waals surface area contributed by atoms with Gasteiger partial charge in [-0.15, -0.1) is 0 Å². The van der Waals surface area contributed by atoms with Crippen molar-refractivity contribution in [2.75, 3.05) is 13.7 Å². The highest BCUT2D eigenvalue weighted by Crippen LogP contribution is 2.23. The molecule has 0 saturated heterocycles. The number of carbonyl (C=O) groups excluding carboxylic acids is 5. The van der Waals surface area contributed by atoms with Crippen LogP contribution in [0.15, 0.2) is 48.5 Å². The number of rotatable bonds is 15. The molecule has 0 unspecified atom stereocenters. The van der Waals surface area contributed by atoms with Gasteiger partial charge in [0.15, 0.2) is 0 Å². The second-order valence-electron chi connectivity index (χ2n) is 12.3. The van der Waals surface area contributed by atoms with Crippen molar-refractivity contribution in [3.05, 3.63) is 64.7 Å². The zero-order chi connectivity index (χ0) is 36.2. The number of hydrogen-bond acceptors (Lipinski definition) is 7. The normalized spacial score (nSPS) is 13.5. The Morgan fingerprint density at radius 2 is 1.52 bits per heavy atom. The summed E-state index contributed by atoms with van der Waals surface area (Å²) in [6.45, 7) is 8.04. The minimum absolute atomic E-state index is 0.0479. The van der Waals surface area contributed by atoms with Gasteiger partial charge in [0.25, 0.3) is 11.7 Å². The van der Waals surface area contributed by atoms with Crippen molar-refractivity contribution in [3.63, 3.8) is 0 Å². The van der Waals surface area contributed by atoms with Crippen LogP contribution in [0.25, 0.3) is 0 Å². The Kier molecular flexibility index (Phi) is 14.7. The summed E-state index contributed by atoms with van der Waals surface area (Å²) in [5.74, 6) is -5.23. The first-order valence-corrected chi connectivity index (χ1v) is 15.6. The predicted octanol–water partition coefficient (Wildman–Crippen LogP) is 5.27. The molecule has 0 aromatic heterocycles. The summed E-state index contributed by atoms with van der Waals surface area (Å²) in [6, 6.07) is 7.10. The quantitative estimate of drug-likeness (QED) is 0.185. The standard InChI is InChI=1S/C33H42ClF3N4O7/c1-19(2)25(27(42)33(35,36)37)40-30(45)26(20-13-15-23(47-6)16-14-20)41-29(44)24(39-28(43)21-10-9-11-22(34)18-21)12-7-8-17-38-31(46)48-32(3,4)5/h9-11,13-16,18-19,24-26H,7-8,12,17H2,1-6H3,(H,38,46)(H,39,43)(H,40,45)(H,41,44)/t24-,25-,26-/m0/s1. The van der Waals surface area contributed by atoms with Crippen LogP contribution in [0.2, 0.25) is 5.02 Å². The molecule has 0 radical (unpaired) electrons. The average Bonchev–Trinajstić information content (AvgIpc) is 2.99. The lowest BCUT2D eigenvalue weighted by atomic mass is 9.97. The van der Waals surface area contributed by atoms with Gasteiger partial charge in [-0.05, 0) is 81.8 Å². The van der Waals surface area contributed by atoms with Gasteiger partial charge < -0.3 is 30.7 Å². The fourth-order valence-corrected chi connectivity index (χ4v) is 4.60. The van der Waals surface area contributed by atoms with E-state index < -0.39 is 65.4 Å². The zero-order valence-electron chi connectivity index (χ0n) is 27.6. The topological polar surface area (TPSA) is 152 Å². The van der Waals surface area contributed by atoms with E-state index in [9.17, 15) is 37.1 Å². The molecule has 0 bridgehead atoms. The Balaban J connectivity index is 2.34. The number of methoxy groups -OCH3 is 1. The molecule has 4 N–H and O–H groups in total. The van der Waals surface area contributed by atoms with E-state index in [1.54, 1.807) is 32.9 Å². The van der Waals surface area contributed by atoms with E-state index in [0.29, 0.717) is 18.6 Å². The number of alkyl halides is 3. The monoisotopic (exact) mass is 698 g/mol. The molecule has 0 spiro atoms. The van der Waals surface area contributed by atoms with Gasteiger partial charge in [0.05, 0.1) is 13.2 Å². The molecule has 0 aliphatic rings. The smallest absolute Gasteiger partial charge is 0.452 e. The van der Waals surface area contributed by atoms with Crippen molar-refractivity contribution < 1.29 is 46.6 Å². The molecule has 0 fully saturated rings. The highest BCUT2D eigenvalue weighted by atomic mass is 35.5. The third-order valence-electron chi connectivity index (χ3n) is 6.82. The number of ketones is 1. The molecule has 0 aliphatic carbocycles. The number of halogens is 4. The number of unbranched alkanes of at least 4 members (excludes halogenated alkanes) is 1. The van der Waals surface area contributed by atoms with Crippen molar-refractivity contribution in [1.82, 2.24) is 21.3 Å². The van der Waals surface area contributed by atoms with Crippen molar-refractivity contribution in [2.24, 2.45) is 5.92 Å². The molecule has 48 heavy (non-hydrogen) atoms. The van der Waals surface area contributed by atoms with Gasteiger partial charge >= 0.3 is 12.3 Å². The number of carbonyl (C=O) groups is 5. The summed E-state index contributed by atoms with van der Waals surface area (Å²) in [6.07, 6.45) is -5.09. The van der Waals surface area contributed by atoms with Crippen LogP contribution >= 0.6 is 11.6 Å². The van der Waals surface area contributed by atoms with E-state index in [1.165, 1.54) is 57.4 Å². The Morgan fingerprint density at radius 1 is 0.875 bits per heavy atom. The zero-order valence-corrected chi connectivity index (χ0v) is 28.4. The first kappa shape index (κ1) is 39.8. The van der Waals surface area contributed by atoms with Crippen LogP contribution in [0.5, 0.6) is 5.75 Å². The summed E-state index contributed by atoms with van der Waals surface area (Å²) in [5.41, 5.74) is -0.369. The first-order valence-electron chi connectivity index (χ1n) is 15.2. The maximum Gasteiger partial charge on any atom is 0.452 e. The van der Waals surface area contributed by atoms with Crippen LogP contribution in [0.3, 0.4) is 0 Å². The fourth-order valence-electron chi connectivity index (χ4n) is 4.41. The second-order valence-corrected chi connectivity index (χ2v) is 12.7. The molecular weight excluding hydrogens is 657 g/mol. The molecule has 2 aromatic carbocycles. The first-order chi connectivity index (χ1) is 22.3. The number of hydrogen-bond donors (Lipinski definition) is 4. The van der Waals surface area contributed by atoms with Crippen LogP contribution < -0.4 is 26.0 Å². The molecule has 264 valence electrons. The molecule has 2 rings (SSSR count). The molecule has 2 aromatic rings. The number of amides is 4. The van der Waals surface area contributed by atoms with Crippen LogP contribution in [0.1, 0.15) is 75.8 Å². The molecule has 4 amide bonds. The van der Waals surface area contributed by atoms with Crippen molar-refractivity contribution in [1.29, 1.82) is 0 Å². The van der Waals surface area contributed by atoms with Gasteiger partial charge in [-0.25, -0.2) is 4.79 Å². The molecule has 0 aliphatic heterocycles.